The first-order valence-corrected chi connectivity index (χ1v) is 8.75. The molecule has 1 atom stereocenters. The highest BCUT2D eigenvalue weighted by atomic mass is 16.5. The lowest BCUT2D eigenvalue weighted by Crippen LogP contribution is -2.38. The number of fused-ring (bicyclic) bond motifs is 1. The lowest BCUT2D eigenvalue weighted by molar-refractivity contribution is 0.0699. The first-order chi connectivity index (χ1) is 11.7. The molecule has 1 amide bonds. The van der Waals surface area contributed by atoms with E-state index in [1.807, 2.05) is 4.90 Å². The van der Waals surface area contributed by atoms with E-state index in [1.54, 1.807) is 12.4 Å². The van der Waals surface area contributed by atoms with Gasteiger partial charge in [-0.05, 0) is 38.0 Å². The number of likely N-dealkylation sites (tertiary alicyclic amines) is 1. The van der Waals surface area contributed by atoms with Crippen molar-refractivity contribution in [3.05, 3.63) is 41.3 Å². The summed E-state index contributed by atoms with van der Waals surface area (Å²) in [5, 5.41) is 4.29. The third-order valence-electron chi connectivity index (χ3n) is 5.26. The van der Waals surface area contributed by atoms with E-state index in [-0.39, 0.29) is 5.91 Å². The summed E-state index contributed by atoms with van der Waals surface area (Å²) in [6.45, 7) is 3.75. The molecular weight excluding hydrogens is 304 g/mol. The number of hydrogen-bond donors (Lipinski definition) is 0. The summed E-state index contributed by atoms with van der Waals surface area (Å²) < 4.78 is 5.71. The van der Waals surface area contributed by atoms with Crippen LogP contribution in [0.4, 0.5) is 0 Å². The van der Waals surface area contributed by atoms with E-state index in [0.29, 0.717) is 17.5 Å². The Kier molecular flexibility index (Phi) is 4.04. The molecule has 0 bridgehead atoms. The van der Waals surface area contributed by atoms with Gasteiger partial charge in [-0.15, -0.1) is 0 Å². The third kappa shape index (κ3) is 2.81. The third-order valence-corrected chi connectivity index (χ3v) is 5.26. The van der Waals surface area contributed by atoms with Gasteiger partial charge >= 0.3 is 0 Å². The molecule has 0 N–H and O–H groups in total. The summed E-state index contributed by atoms with van der Waals surface area (Å²) in [6, 6.07) is 0. The smallest absolute Gasteiger partial charge is 0.274 e. The number of amides is 1. The topological polar surface area (TPSA) is 72.1 Å². The van der Waals surface area contributed by atoms with Gasteiger partial charge in [0.1, 0.15) is 11.5 Å². The highest BCUT2D eigenvalue weighted by Crippen LogP contribution is 2.36. The number of carbonyl (C=O) groups is 1. The molecule has 0 spiro atoms. The van der Waals surface area contributed by atoms with Crippen molar-refractivity contribution in [2.24, 2.45) is 5.92 Å². The number of aromatic nitrogens is 3. The molecule has 0 aromatic carbocycles. The van der Waals surface area contributed by atoms with Crippen molar-refractivity contribution in [1.82, 2.24) is 20.0 Å². The number of aryl methyl sites for hydroxylation is 1. The number of carbonyl (C=O) groups excluding carboxylic acids is 1. The van der Waals surface area contributed by atoms with E-state index in [4.69, 9.17) is 4.52 Å². The molecule has 2 aliphatic rings. The van der Waals surface area contributed by atoms with Crippen LogP contribution in [-0.2, 0) is 12.8 Å². The minimum atomic E-state index is -0.0326. The second kappa shape index (κ2) is 6.34. The Hall–Kier alpha value is -2.24. The summed E-state index contributed by atoms with van der Waals surface area (Å²) in [5.41, 5.74) is 2.91. The molecule has 3 heterocycles. The molecule has 1 aliphatic heterocycles. The molecule has 6 heteroatoms. The maximum Gasteiger partial charge on any atom is 0.274 e. The second-order valence-corrected chi connectivity index (χ2v) is 6.98. The van der Waals surface area contributed by atoms with Gasteiger partial charge in [-0.3, -0.25) is 9.78 Å². The normalized spacial score (nSPS) is 21.5. The highest BCUT2D eigenvalue weighted by molar-refractivity contribution is 5.92. The van der Waals surface area contributed by atoms with Gasteiger partial charge in [0, 0.05) is 37.0 Å². The Morgan fingerprint density at radius 2 is 2.08 bits per heavy atom. The molecule has 1 fully saturated rings. The molecule has 126 valence electrons. The van der Waals surface area contributed by atoms with E-state index >= 15 is 0 Å². The maximum atomic E-state index is 12.5. The van der Waals surface area contributed by atoms with Crippen LogP contribution < -0.4 is 0 Å². The average Bonchev–Trinajstić information content (AvgIpc) is 3.05. The van der Waals surface area contributed by atoms with Crippen LogP contribution in [0.5, 0.6) is 0 Å². The summed E-state index contributed by atoms with van der Waals surface area (Å²) in [4.78, 5) is 22.4. The fourth-order valence-corrected chi connectivity index (χ4v) is 3.84. The largest absolute Gasteiger partial charge is 0.361 e. The van der Waals surface area contributed by atoms with Gasteiger partial charge in [0.25, 0.3) is 5.91 Å². The zero-order valence-electron chi connectivity index (χ0n) is 13.9. The quantitative estimate of drug-likeness (QED) is 0.848. The number of rotatable bonds is 2. The maximum absolute atomic E-state index is 12.5. The summed E-state index contributed by atoms with van der Waals surface area (Å²) in [7, 11) is 0. The molecule has 0 radical (unpaired) electrons. The van der Waals surface area contributed by atoms with Gasteiger partial charge in [0.2, 0.25) is 0 Å². The van der Waals surface area contributed by atoms with Crippen molar-refractivity contribution in [2.45, 2.75) is 44.9 Å². The first kappa shape index (κ1) is 15.3. The van der Waals surface area contributed by atoms with Crippen LogP contribution in [0.3, 0.4) is 0 Å². The predicted molar refractivity (Wildman–Crippen MR) is 87.6 cm³/mol. The highest BCUT2D eigenvalue weighted by Gasteiger charge is 2.32. The van der Waals surface area contributed by atoms with Crippen molar-refractivity contribution in [1.29, 1.82) is 0 Å². The summed E-state index contributed by atoms with van der Waals surface area (Å²) in [6.07, 6.45) is 9.81. The van der Waals surface area contributed by atoms with Crippen LogP contribution in [-0.4, -0.2) is 39.0 Å². The first-order valence-electron chi connectivity index (χ1n) is 8.75. The SMILES string of the molecule is C[C@H]1CCc2noc(C3CCN(C(=O)c4cnccn4)CC3)c2C1. The van der Waals surface area contributed by atoms with E-state index < -0.39 is 0 Å². The minimum Gasteiger partial charge on any atom is -0.361 e. The van der Waals surface area contributed by atoms with E-state index in [0.717, 1.165) is 50.2 Å². The zero-order valence-corrected chi connectivity index (χ0v) is 13.9. The Balaban J connectivity index is 1.44. The second-order valence-electron chi connectivity index (χ2n) is 6.98. The summed E-state index contributed by atoms with van der Waals surface area (Å²) >= 11 is 0. The molecule has 2 aromatic heterocycles. The molecule has 0 saturated carbocycles. The van der Waals surface area contributed by atoms with Gasteiger partial charge in [-0.1, -0.05) is 12.1 Å². The fourth-order valence-electron chi connectivity index (χ4n) is 3.84. The van der Waals surface area contributed by atoms with Gasteiger partial charge in [0.05, 0.1) is 11.9 Å². The van der Waals surface area contributed by atoms with Crippen molar-refractivity contribution < 1.29 is 9.32 Å². The predicted octanol–water partition coefficient (Wildman–Crippen LogP) is 2.61. The Morgan fingerprint density at radius 3 is 2.83 bits per heavy atom. The van der Waals surface area contributed by atoms with Crippen LogP contribution >= 0.6 is 0 Å². The number of piperidine rings is 1. The van der Waals surface area contributed by atoms with Crippen molar-refractivity contribution in [3.63, 3.8) is 0 Å². The Morgan fingerprint density at radius 1 is 1.25 bits per heavy atom. The molecular formula is C18H22N4O2. The Labute approximate surface area is 141 Å². The average molecular weight is 326 g/mol. The van der Waals surface area contributed by atoms with Crippen LogP contribution in [0.15, 0.2) is 23.1 Å². The summed E-state index contributed by atoms with van der Waals surface area (Å²) in [5.74, 6) is 2.12. The molecule has 1 saturated heterocycles. The van der Waals surface area contributed by atoms with Crippen molar-refractivity contribution in [2.75, 3.05) is 13.1 Å². The van der Waals surface area contributed by atoms with Gasteiger partial charge in [-0.2, -0.15) is 0 Å². The van der Waals surface area contributed by atoms with E-state index in [2.05, 4.69) is 22.0 Å². The van der Waals surface area contributed by atoms with E-state index in [1.165, 1.54) is 18.2 Å². The number of hydrogen-bond acceptors (Lipinski definition) is 5. The van der Waals surface area contributed by atoms with Crippen molar-refractivity contribution in [3.8, 4) is 0 Å². The van der Waals surface area contributed by atoms with Crippen LogP contribution in [0.1, 0.15) is 59.6 Å². The van der Waals surface area contributed by atoms with E-state index in [9.17, 15) is 4.79 Å². The Bertz CT molecular complexity index is 720. The van der Waals surface area contributed by atoms with Crippen molar-refractivity contribution >= 4 is 5.91 Å². The molecule has 24 heavy (non-hydrogen) atoms. The lowest BCUT2D eigenvalue weighted by Gasteiger charge is -2.31. The van der Waals surface area contributed by atoms with Gasteiger partial charge in [0.15, 0.2) is 0 Å². The van der Waals surface area contributed by atoms with Crippen LogP contribution in [0.2, 0.25) is 0 Å². The minimum absolute atomic E-state index is 0.0326. The van der Waals surface area contributed by atoms with Gasteiger partial charge in [-0.25, -0.2) is 4.98 Å². The standard InChI is InChI=1S/C18H22N4O2/c1-12-2-3-15-14(10-12)17(24-21-15)13-4-8-22(9-5-13)18(23)16-11-19-6-7-20-16/h6-7,11-13H,2-5,8-10H2,1H3/t12-/m0/s1. The molecule has 6 nitrogen and oxygen atoms in total. The zero-order chi connectivity index (χ0) is 16.5. The number of nitrogens with zero attached hydrogens (tertiary/aromatic N) is 4. The van der Waals surface area contributed by atoms with Gasteiger partial charge < -0.3 is 9.42 Å². The monoisotopic (exact) mass is 326 g/mol. The molecule has 0 unspecified atom stereocenters. The lowest BCUT2D eigenvalue weighted by atomic mass is 9.83. The fraction of sp³-hybridized carbons (Fsp3) is 0.556. The van der Waals surface area contributed by atoms with Crippen LogP contribution in [0.25, 0.3) is 0 Å². The molecule has 2 aromatic rings. The van der Waals surface area contributed by atoms with Crippen LogP contribution in [0, 0.1) is 5.92 Å². The molecule has 1 aliphatic carbocycles. The molecule has 4 rings (SSSR count).